The lowest BCUT2D eigenvalue weighted by Crippen LogP contribution is -2.25. The summed E-state index contributed by atoms with van der Waals surface area (Å²) in [7, 11) is 1.17. The molecule has 2 amide bonds. The van der Waals surface area contributed by atoms with Gasteiger partial charge in [0.05, 0.1) is 24.0 Å². The quantitative estimate of drug-likeness (QED) is 0.270. The fraction of sp³-hybridized carbons (Fsp3) is 0.200. The van der Waals surface area contributed by atoms with Gasteiger partial charge in [0.15, 0.2) is 0 Å². The normalized spacial score (nSPS) is 12.5. The predicted octanol–water partition coefficient (Wildman–Crippen LogP) is 3.99. The van der Waals surface area contributed by atoms with Crippen LogP contribution in [0.5, 0.6) is 5.88 Å². The number of methoxy groups -OCH3 is 1. The number of halogens is 3. The molecule has 0 aliphatic heterocycles. The number of ether oxygens (including phenoxy) is 1. The van der Waals surface area contributed by atoms with E-state index in [1.165, 1.54) is 32.4 Å². The second-order valence-electron chi connectivity index (χ2n) is 7.31. The fourth-order valence-corrected chi connectivity index (χ4v) is 4.35. The summed E-state index contributed by atoms with van der Waals surface area (Å²) < 4.78 is 51.6. The number of nitrogens with zero attached hydrogens (tertiary/aromatic N) is 4. The van der Waals surface area contributed by atoms with Gasteiger partial charge in [-0.05, 0) is 25.1 Å². The SMILES string of the molecule is COc1nn(C(C)C(=O)Nc2c(C(N)=O)sc3nc(C(F)(F)F)cc(-c4ccco4)c23)cc1[N+](=O)[O-]. The summed E-state index contributed by atoms with van der Waals surface area (Å²) in [5, 5.41) is 17.5. The number of anilines is 1. The largest absolute Gasteiger partial charge is 0.475 e. The van der Waals surface area contributed by atoms with Gasteiger partial charge >= 0.3 is 17.7 Å². The van der Waals surface area contributed by atoms with Crippen molar-refractivity contribution in [1.29, 1.82) is 0 Å². The van der Waals surface area contributed by atoms with Crippen molar-refractivity contribution in [3.8, 4) is 17.2 Å². The van der Waals surface area contributed by atoms with Crippen LogP contribution in [0.3, 0.4) is 0 Å². The molecule has 4 aromatic heterocycles. The average molecular weight is 524 g/mol. The van der Waals surface area contributed by atoms with Crippen molar-refractivity contribution in [3.05, 3.63) is 51.3 Å². The van der Waals surface area contributed by atoms with E-state index in [1.807, 2.05) is 0 Å². The zero-order chi connectivity index (χ0) is 26.4. The number of hydrogen-bond acceptors (Lipinski definition) is 9. The number of carbonyl (C=O) groups excluding carboxylic acids is 2. The minimum atomic E-state index is -4.81. The van der Waals surface area contributed by atoms with Gasteiger partial charge in [-0.2, -0.15) is 13.2 Å². The Labute approximate surface area is 202 Å². The molecule has 188 valence electrons. The maximum absolute atomic E-state index is 13.5. The minimum Gasteiger partial charge on any atom is -0.475 e. The molecule has 0 bridgehead atoms. The maximum Gasteiger partial charge on any atom is 0.433 e. The van der Waals surface area contributed by atoms with Gasteiger partial charge in [0.25, 0.3) is 5.91 Å². The Morgan fingerprint density at radius 1 is 1.39 bits per heavy atom. The molecule has 1 atom stereocenters. The van der Waals surface area contributed by atoms with E-state index in [9.17, 15) is 32.9 Å². The van der Waals surface area contributed by atoms with Crippen molar-refractivity contribution in [2.45, 2.75) is 19.1 Å². The number of carbonyl (C=O) groups is 2. The number of aromatic nitrogens is 3. The second-order valence-corrected chi connectivity index (χ2v) is 8.31. The second kappa shape index (κ2) is 8.95. The maximum atomic E-state index is 13.5. The molecule has 0 aromatic carbocycles. The summed E-state index contributed by atoms with van der Waals surface area (Å²) in [5.41, 5.74) is 3.46. The number of nitrogens with two attached hydrogens (primary N) is 1. The highest BCUT2D eigenvalue weighted by Crippen LogP contribution is 2.44. The molecular formula is C20H15F3N6O6S. The third-order valence-corrected chi connectivity index (χ3v) is 6.16. The predicted molar refractivity (Wildman–Crippen MR) is 120 cm³/mol. The average Bonchev–Trinajstić information content (AvgIpc) is 3.55. The summed E-state index contributed by atoms with van der Waals surface area (Å²) in [4.78, 5) is 38.8. The van der Waals surface area contributed by atoms with Gasteiger partial charge in [0, 0.05) is 10.9 Å². The highest BCUT2D eigenvalue weighted by atomic mass is 32.1. The standard InChI is InChI=1S/C20H15F3N6O6S/c1-8(28-7-10(29(32)33)18(27-28)34-2)17(31)26-14-13-9(11-4-3-5-35-11)6-12(20(21,22)23)25-19(13)36-15(14)16(24)30/h3-8H,1-2H3,(H2,24,30)(H,26,31). The van der Waals surface area contributed by atoms with Gasteiger partial charge in [0.1, 0.15) is 33.4 Å². The van der Waals surface area contributed by atoms with Gasteiger partial charge in [-0.25, -0.2) is 9.67 Å². The van der Waals surface area contributed by atoms with Crippen LogP contribution < -0.4 is 15.8 Å². The van der Waals surface area contributed by atoms with Crippen LogP contribution in [-0.4, -0.2) is 38.6 Å². The molecule has 1 unspecified atom stereocenters. The number of nitro groups is 1. The van der Waals surface area contributed by atoms with Crippen molar-refractivity contribution >= 4 is 44.7 Å². The summed E-state index contributed by atoms with van der Waals surface area (Å²) in [6.45, 7) is 1.36. The van der Waals surface area contributed by atoms with Crippen LogP contribution in [0.4, 0.5) is 24.5 Å². The summed E-state index contributed by atoms with van der Waals surface area (Å²) in [6.07, 6.45) is -2.58. The summed E-state index contributed by atoms with van der Waals surface area (Å²) >= 11 is 0.564. The van der Waals surface area contributed by atoms with Gasteiger partial charge < -0.3 is 20.2 Å². The molecule has 4 heterocycles. The Kier molecular flexibility index (Phi) is 6.13. The fourth-order valence-electron chi connectivity index (χ4n) is 3.34. The number of pyridine rings is 1. The van der Waals surface area contributed by atoms with Crippen LogP contribution in [0.2, 0.25) is 0 Å². The first-order valence-corrected chi connectivity index (χ1v) is 10.7. The van der Waals surface area contributed by atoms with E-state index in [2.05, 4.69) is 15.4 Å². The van der Waals surface area contributed by atoms with Crippen LogP contribution >= 0.6 is 11.3 Å². The van der Waals surface area contributed by atoms with Crippen LogP contribution in [0.25, 0.3) is 21.5 Å². The molecule has 0 aliphatic carbocycles. The lowest BCUT2D eigenvalue weighted by molar-refractivity contribution is -0.385. The molecule has 12 nitrogen and oxygen atoms in total. The van der Waals surface area contributed by atoms with Gasteiger partial charge in [-0.15, -0.1) is 16.4 Å². The van der Waals surface area contributed by atoms with E-state index >= 15 is 0 Å². The first-order valence-electron chi connectivity index (χ1n) is 9.89. The van der Waals surface area contributed by atoms with E-state index in [1.54, 1.807) is 0 Å². The van der Waals surface area contributed by atoms with Crippen LogP contribution in [-0.2, 0) is 11.0 Å². The Morgan fingerprint density at radius 3 is 2.64 bits per heavy atom. The molecular weight excluding hydrogens is 509 g/mol. The molecule has 4 aromatic rings. The molecule has 0 aliphatic rings. The molecule has 0 fully saturated rings. The Bertz CT molecular complexity index is 1490. The zero-order valence-electron chi connectivity index (χ0n) is 18.3. The van der Waals surface area contributed by atoms with E-state index in [0.29, 0.717) is 11.3 Å². The van der Waals surface area contributed by atoms with Gasteiger partial charge in [-0.3, -0.25) is 19.7 Å². The van der Waals surface area contributed by atoms with Crippen LogP contribution in [0.1, 0.15) is 28.3 Å². The number of thiophene rings is 1. The number of hydrogen-bond donors (Lipinski definition) is 2. The van der Waals surface area contributed by atoms with Crippen molar-refractivity contribution in [1.82, 2.24) is 14.8 Å². The highest BCUT2D eigenvalue weighted by molar-refractivity contribution is 7.21. The van der Waals surface area contributed by atoms with E-state index in [0.717, 1.165) is 16.9 Å². The third kappa shape index (κ3) is 4.33. The molecule has 0 saturated carbocycles. The molecule has 36 heavy (non-hydrogen) atoms. The van der Waals surface area contributed by atoms with Crippen molar-refractivity contribution < 1.29 is 36.8 Å². The number of nitrogens with one attached hydrogen (secondary N) is 1. The van der Waals surface area contributed by atoms with E-state index in [-0.39, 0.29) is 38.0 Å². The molecule has 3 N–H and O–H groups in total. The van der Waals surface area contributed by atoms with Crippen molar-refractivity contribution in [3.63, 3.8) is 0 Å². The Balaban J connectivity index is 1.85. The third-order valence-electron chi connectivity index (χ3n) is 5.06. The lowest BCUT2D eigenvalue weighted by atomic mass is 10.1. The topological polar surface area (TPSA) is 168 Å². The Hall–Kier alpha value is -4.47. The molecule has 0 radical (unpaired) electrons. The van der Waals surface area contributed by atoms with Gasteiger partial charge in [0.2, 0.25) is 5.91 Å². The number of amides is 2. The van der Waals surface area contributed by atoms with Crippen molar-refractivity contribution in [2.75, 3.05) is 12.4 Å². The number of rotatable bonds is 7. The minimum absolute atomic E-state index is 0.00123. The first kappa shape index (κ1) is 24.6. The molecule has 0 saturated heterocycles. The molecule has 4 rings (SSSR count). The van der Waals surface area contributed by atoms with E-state index < -0.39 is 40.3 Å². The van der Waals surface area contributed by atoms with Crippen LogP contribution in [0.15, 0.2) is 35.1 Å². The number of alkyl halides is 3. The number of primary amides is 1. The number of fused-ring (bicyclic) bond motifs is 1. The van der Waals surface area contributed by atoms with E-state index in [4.69, 9.17) is 14.9 Å². The summed E-state index contributed by atoms with van der Waals surface area (Å²) in [6, 6.07) is 2.42. The smallest absolute Gasteiger partial charge is 0.433 e. The van der Waals surface area contributed by atoms with Crippen LogP contribution in [0, 0.1) is 10.1 Å². The molecule has 0 spiro atoms. The van der Waals surface area contributed by atoms with Crippen molar-refractivity contribution in [2.24, 2.45) is 5.73 Å². The summed E-state index contributed by atoms with van der Waals surface area (Å²) in [5.74, 6) is -2.13. The lowest BCUT2D eigenvalue weighted by Gasteiger charge is -2.14. The zero-order valence-corrected chi connectivity index (χ0v) is 19.1. The first-order chi connectivity index (χ1) is 16.9. The monoisotopic (exact) mass is 524 g/mol. The highest BCUT2D eigenvalue weighted by Gasteiger charge is 2.36. The number of furan rings is 1. The molecule has 16 heteroatoms. The van der Waals surface area contributed by atoms with Gasteiger partial charge in [-0.1, -0.05) is 0 Å². The Morgan fingerprint density at radius 2 is 2.11 bits per heavy atom.